The molecule has 12 rings (SSSR count). The smallest absolute Gasteiger partial charge is 0.243 e. The first-order chi connectivity index (χ1) is 47.8. The molecule has 6 atom stereocenters. The van der Waals surface area contributed by atoms with Crippen LogP contribution in [-0.2, 0) is 47.9 Å². The summed E-state index contributed by atoms with van der Waals surface area (Å²) < 4.78 is 32.8. The number of hydrogen-bond donors (Lipinski definition) is 6. The van der Waals surface area contributed by atoms with Gasteiger partial charge in [-0.1, -0.05) is 128 Å². The van der Waals surface area contributed by atoms with Gasteiger partial charge in [0.15, 0.2) is 0 Å². The Morgan fingerprint density at radius 2 is 0.687 bits per heavy atom. The number of nitrogens with one attached hydrogen (secondary N) is 6. The summed E-state index contributed by atoms with van der Waals surface area (Å²) in [6.45, 7) is 19.1. The van der Waals surface area contributed by atoms with Crippen molar-refractivity contribution in [1.29, 1.82) is 0 Å². The van der Waals surface area contributed by atoms with E-state index in [1.54, 1.807) is 39.9 Å². The van der Waals surface area contributed by atoms with Crippen LogP contribution >= 0.6 is 69.6 Å². The highest BCUT2D eigenvalue weighted by Gasteiger charge is 2.33. The molecule has 3 aliphatic heterocycles. The molecule has 2 unspecified atom stereocenters. The molecule has 3 fully saturated rings. The molecule has 0 radical (unpaired) electrons. The predicted octanol–water partition coefficient (Wildman–Crippen LogP) is 14.0. The van der Waals surface area contributed by atoms with Gasteiger partial charge in [-0.25, -0.2) is 29.9 Å². The van der Waals surface area contributed by atoms with E-state index >= 15 is 0 Å². The van der Waals surface area contributed by atoms with E-state index in [1.165, 1.54) is 18.2 Å². The fourth-order valence-electron chi connectivity index (χ4n) is 11.5. The van der Waals surface area contributed by atoms with Crippen LogP contribution in [0.15, 0.2) is 129 Å². The van der Waals surface area contributed by atoms with Gasteiger partial charge < -0.3 is 60.3 Å². The van der Waals surface area contributed by atoms with Gasteiger partial charge in [0, 0.05) is 51.4 Å². The van der Waals surface area contributed by atoms with Crippen molar-refractivity contribution in [2.24, 2.45) is 0 Å². The van der Waals surface area contributed by atoms with E-state index in [4.69, 9.17) is 98.0 Å². The Morgan fingerprint density at radius 1 is 0.424 bits per heavy atom. The van der Waals surface area contributed by atoms with E-state index in [0.717, 1.165) is 102 Å². The molecule has 3 aliphatic rings. The van der Waals surface area contributed by atoms with E-state index in [-0.39, 0.29) is 54.0 Å². The number of aromatic nitrogens is 6. The van der Waals surface area contributed by atoms with Gasteiger partial charge in [0.05, 0.1) is 144 Å². The number of carbonyl (C=O) groups is 3. The van der Waals surface area contributed by atoms with Gasteiger partial charge in [0.1, 0.15) is 17.2 Å². The normalized spacial score (nSPS) is 17.7. The molecule has 3 amide bonds. The third-order valence-corrected chi connectivity index (χ3v) is 19.3. The number of nitrogens with zero attached hydrogens (tertiary/aromatic N) is 6. The van der Waals surface area contributed by atoms with Gasteiger partial charge in [-0.15, -0.1) is 0 Å². The molecule has 0 bridgehead atoms. The topological polar surface area (TPSA) is 256 Å². The summed E-state index contributed by atoms with van der Waals surface area (Å²) in [6, 6.07) is 21.9. The lowest BCUT2D eigenvalue weighted by Gasteiger charge is -2.19. The molecule has 3 saturated heterocycles. The van der Waals surface area contributed by atoms with Crippen LogP contribution in [0, 0.1) is 0 Å². The number of methoxy groups -OCH3 is 3. The number of carbonyl (C=O) groups excluding carboxylic acids is 3. The molecule has 27 heteroatoms. The molecule has 0 spiro atoms. The Hall–Kier alpha value is -8.61. The average molecular weight is 1460 g/mol. The zero-order chi connectivity index (χ0) is 70.6. The summed E-state index contributed by atoms with van der Waals surface area (Å²) in [4.78, 5) is 62.1. The first-order valence-electron chi connectivity index (χ1n) is 31.6. The molecule has 6 aromatic carbocycles. The highest BCUT2D eigenvalue weighted by atomic mass is 35.5. The van der Waals surface area contributed by atoms with Crippen molar-refractivity contribution in [2.75, 3.05) is 76.9 Å². The zero-order valence-corrected chi connectivity index (χ0v) is 59.5. The number of aryl methyl sites for hydroxylation is 3. The van der Waals surface area contributed by atoms with Crippen molar-refractivity contribution in [3.8, 4) is 50.6 Å². The lowest BCUT2D eigenvalue weighted by atomic mass is 9.99. The lowest BCUT2D eigenvalue weighted by molar-refractivity contribution is -0.118. The van der Waals surface area contributed by atoms with Crippen molar-refractivity contribution in [3.05, 3.63) is 176 Å². The Labute approximate surface area is 602 Å². The number of rotatable bonds is 21. The number of fused-ring (bicyclic) bond motifs is 3. The van der Waals surface area contributed by atoms with Crippen LogP contribution < -0.4 is 46.1 Å². The number of amides is 3. The summed E-state index contributed by atoms with van der Waals surface area (Å²) in [7, 11) is 4.76. The summed E-state index contributed by atoms with van der Waals surface area (Å²) in [6.07, 6.45) is 11.2. The van der Waals surface area contributed by atoms with Crippen molar-refractivity contribution in [1.82, 2.24) is 45.9 Å². The zero-order valence-electron chi connectivity index (χ0n) is 55.0. The number of anilines is 3. The number of hydrogen-bond acceptors (Lipinski definition) is 18. The Morgan fingerprint density at radius 3 is 0.929 bits per heavy atom. The molecule has 6 heterocycles. The van der Waals surface area contributed by atoms with Crippen molar-refractivity contribution in [2.45, 2.75) is 76.3 Å². The average Bonchev–Trinajstić information content (AvgIpc) is 0.979. The summed E-state index contributed by atoms with van der Waals surface area (Å²) in [5.74, 6) is 2.38. The molecular weight excluding hydrogens is 1390 g/mol. The van der Waals surface area contributed by atoms with E-state index in [9.17, 15) is 14.4 Å². The molecule has 3 aromatic heterocycles. The molecule has 0 aliphatic carbocycles. The Bertz CT molecular complexity index is 4020. The van der Waals surface area contributed by atoms with Crippen LogP contribution in [0.2, 0.25) is 30.1 Å². The first-order valence-corrected chi connectivity index (χ1v) is 33.9. The Balaban J connectivity index is 0.000000161. The van der Waals surface area contributed by atoms with Crippen LogP contribution in [0.4, 0.5) is 17.8 Å². The van der Waals surface area contributed by atoms with Gasteiger partial charge in [0.25, 0.3) is 0 Å². The maximum absolute atomic E-state index is 11.6. The fraction of sp³-hybridized carbons (Fsp3) is 0.292. The third-order valence-electron chi connectivity index (χ3n) is 16.9. The molecule has 99 heavy (non-hydrogen) atoms. The highest BCUT2D eigenvalue weighted by Crippen LogP contribution is 2.47. The van der Waals surface area contributed by atoms with E-state index in [0.29, 0.717) is 105 Å². The lowest BCUT2D eigenvalue weighted by Crippen LogP contribution is -2.45. The minimum absolute atomic E-state index is 0.146. The molecule has 0 saturated carbocycles. The number of ether oxygens (including phenoxy) is 6. The van der Waals surface area contributed by atoms with Gasteiger partial charge in [0.2, 0.25) is 35.6 Å². The molecule has 6 N–H and O–H groups in total. The summed E-state index contributed by atoms with van der Waals surface area (Å²) in [5.41, 5.74) is 9.88. The predicted molar refractivity (Wildman–Crippen MR) is 394 cm³/mol. The van der Waals surface area contributed by atoms with Crippen LogP contribution in [-0.4, -0.2) is 145 Å². The van der Waals surface area contributed by atoms with Crippen molar-refractivity contribution >= 4 is 138 Å². The van der Waals surface area contributed by atoms with E-state index in [1.807, 2.05) is 93.6 Å². The van der Waals surface area contributed by atoms with Gasteiger partial charge >= 0.3 is 0 Å². The van der Waals surface area contributed by atoms with Gasteiger partial charge in [-0.05, 0) is 125 Å². The maximum Gasteiger partial charge on any atom is 0.243 e. The van der Waals surface area contributed by atoms with Crippen LogP contribution in [0.3, 0.4) is 0 Å². The molecule has 9 aromatic rings. The maximum atomic E-state index is 11.6. The van der Waals surface area contributed by atoms with Crippen LogP contribution in [0.1, 0.15) is 37.5 Å². The second-order valence-corrected chi connectivity index (χ2v) is 25.3. The van der Waals surface area contributed by atoms with Crippen LogP contribution in [0.5, 0.6) is 17.2 Å². The van der Waals surface area contributed by atoms with Crippen molar-refractivity contribution < 1.29 is 42.8 Å². The molecule has 516 valence electrons. The quantitative estimate of drug-likeness (QED) is 0.0366. The van der Waals surface area contributed by atoms with Crippen LogP contribution in [0.25, 0.3) is 66.1 Å². The molecule has 21 nitrogen and oxygen atoms in total. The van der Waals surface area contributed by atoms with Gasteiger partial charge in [-0.3, -0.25) is 14.4 Å². The second-order valence-electron chi connectivity index (χ2n) is 23.0. The summed E-state index contributed by atoms with van der Waals surface area (Å²) in [5, 5.41) is 24.1. The Kier molecular flexibility index (Phi) is 24.7. The second kappa shape index (κ2) is 33.5. The standard InChI is InChI=1S/3C24H24Cl2N4O3/c3*1-4-13-9-19(32-3)23(26)21(22(13)25)14-6-7-16-15(8-14)10-27-24(29-16)30-18-12-33-11-17(18)28-20(31)5-2/h3*5-10,17-18H,2,4,11-12H2,1,3H3,(H,28,31)(H,27,29,30)/t2*17-,18+;/m10./s1. The monoisotopic (exact) mass is 1460 g/mol. The number of benzene rings is 6. The number of halogens is 6. The van der Waals surface area contributed by atoms with Gasteiger partial charge in [-0.2, -0.15) is 0 Å². The molecular formula is C72H72Cl6N12O9. The van der Waals surface area contributed by atoms with E-state index < -0.39 is 0 Å². The van der Waals surface area contributed by atoms with Crippen molar-refractivity contribution in [3.63, 3.8) is 0 Å². The SMILES string of the molecule is C=CC(=O)NC1COCC1Nc1ncc2cc(-c3c(Cl)c(CC)cc(OC)c3Cl)ccc2n1.C=CC(=O)N[C@@H]1COC[C@@H]1Nc1ncc2cc(-c3c(Cl)c(CC)cc(OC)c3Cl)ccc2n1.C=CC(=O)N[C@H]1COC[C@H]1Nc1ncc2cc(-c3c(Cl)c(CC)cc(OC)c3Cl)ccc2n1. The largest absolute Gasteiger partial charge is 0.495 e. The third kappa shape index (κ3) is 16.8. The summed E-state index contributed by atoms with van der Waals surface area (Å²) >= 11 is 39.9. The fourth-order valence-corrected chi connectivity index (χ4v) is 13.8. The van der Waals surface area contributed by atoms with E-state index in [2.05, 4.69) is 81.5 Å². The first kappa shape index (κ1) is 73.1. The minimum atomic E-state index is -0.245. The highest BCUT2D eigenvalue weighted by molar-refractivity contribution is 6.42. The minimum Gasteiger partial charge on any atom is -0.495 e.